The van der Waals surface area contributed by atoms with Gasteiger partial charge in [-0.05, 0) is 7.11 Å². The Kier molecular flexibility index (Phi) is 8.43. The average molecular weight is 268 g/mol. The molecule has 2 rings (SSSR count). The van der Waals surface area contributed by atoms with Crippen molar-refractivity contribution in [2.24, 2.45) is 0 Å². The third-order valence-corrected chi connectivity index (χ3v) is 5.59. The molecule has 20 heavy (non-hydrogen) atoms. The van der Waals surface area contributed by atoms with Crippen LogP contribution in [-0.2, 0) is 4.65 Å². The minimum atomic E-state index is -0.903. The van der Waals surface area contributed by atoms with Gasteiger partial charge in [0.25, 0.3) is 0 Å². The van der Waals surface area contributed by atoms with Crippen molar-refractivity contribution in [1.29, 1.82) is 0 Å². The third kappa shape index (κ3) is 4.10. The van der Waals surface area contributed by atoms with E-state index in [9.17, 15) is 0 Å². The van der Waals surface area contributed by atoms with Gasteiger partial charge in [-0.3, -0.25) is 5.82 Å². The fourth-order valence-electron chi connectivity index (χ4n) is 4.58. The van der Waals surface area contributed by atoms with Gasteiger partial charge in [0.2, 0.25) is 0 Å². The maximum absolute atomic E-state index is 6.21. The molecule has 0 unspecified atom stereocenters. The molecule has 2 aliphatic carbocycles. The van der Waals surface area contributed by atoms with Crippen molar-refractivity contribution in [2.45, 2.75) is 89.2 Å². The molecule has 0 aromatic carbocycles. The molecule has 0 N–H and O–H groups in total. The number of hydrogen-bond acceptors (Lipinski definition) is 1. The standard InChI is InChI=1S/C17H30BO.Li/c1-3-4-15-18(19-2,16-11-7-5-8-12-16)17-13-9-6-10-14-17;/h16-17H,3,5-14H2,1-2H3;/q-1;+1. The minimum Gasteiger partial charge on any atom is -0.582 e. The normalized spacial score (nSPS) is 21.7. The summed E-state index contributed by atoms with van der Waals surface area (Å²) in [7, 11) is 1.94. The van der Waals surface area contributed by atoms with E-state index in [0.29, 0.717) is 0 Å². The Morgan fingerprint density at radius 1 is 0.900 bits per heavy atom. The molecule has 2 saturated carbocycles. The molecular formula is C17H30BLiO. The van der Waals surface area contributed by atoms with Crippen molar-refractivity contribution in [3.05, 3.63) is 0 Å². The molecule has 0 saturated heterocycles. The molecule has 2 aliphatic rings. The SMILES string of the molecule is CCC#C[B-](OC)(C1CCCCC1)C1CCCCC1.[Li+]. The van der Waals surface area contributed by atoms with Crippen molar-refractivity contribution in [3.8, 4) is 11.7 Å². The van der Waals surface area contributed by atoms with E-state index < -0.39 is 6.35 Å². The summed E-state index contributed by atoms with van der Waals surface area (Å²) in [6.45, 7) is 2.16. The Balaban J connectivity index is 0.00000200. The van der Waals surface area contributed by atoms with E-state index in [1.54, 1.807) is 0 Å². The summed E-state index contributed by atoms with van der Waals surface area (Å²) in [6, 6.07) is 0. The van der Waals surface area contributed by atoms with E-state index in [1.165, 1.54) is 64.2 Å². The minimum absolute atomic E-state index is 0. The zero-order chi connectivity index (χ0) is 13.6. The number of hydrogen-bond donors (Lipinski definition) is 0. The Labute approximate surface area is 138 Å². The van der Waals surface area contributed by atoms with Crippen LogP contribution >= 0.6 is 0 Å². The molecule has 0 amide bonds. The fraction of sp³-hybridized carbons (Fsp3) is 0.882. The van der Waals surface area contributed by atoms with Crippen molar-refractivity contribution in [2.75, 3.05) is 7.11 Å². The molecule has 0 radical (unpaired) electrons. The average Bonchev–Trinajstić information content (AvgIpc) is 2.51. The van der Waals surface area contributed by atoms with Crippen LogP contribution in [0.25, 0.3) is 0 Å². The zero-order valence-corrected chi connectivity index (χ0v) is 13.9. The summed E-state index contributed by atoms with van der Waals surface area (Å²) in [4.78, 5) is 0. The largest absolute Gasteiger partial charge is 1.00 e. The summed E-state index contributed by atoms with van der Waals surface area (Å²) >= 11 is 0. The monoisotopic (exact) mass is 268 g/mol. The quantitative estimate of drug-likeness (QED) is 0.563. The topological polar surface area (TPSA) is 9.23 Å². The van der Waals surface area contributed by atoms with E-state index in [2.05, 4.69) is 18.7 Å². The first kappa shape index (κ1) is 18.2. The molecular weight excluding hydrogens is 238 g/mol. The molecule has 108 valence electrons. The Bertz CT molecular complexity index is 304. The van der Waals surface area contributed by atoms with Gasteiger partial charge in [-0.2, -0.15) is 0 Å². The van der Waals surface area contributed by atoms with Gasteiger partial charge in [0.05, 0.1) is 0 Å². The van der Waals surface area contributed by atoms with Crippen LogP contribution in [0.4, 0.5) is 0 Å². The molecule has 0 atom stereocenters. The summed E-state index contributed by atoms with van der Waals surface area (Å²) in [5.74, 6) is 8.52. The van der Waals surface area contributed by atoms with E-state index in [1.807, 2.05) is 7.11 Å². The Morgan fingerprint density at radius 2 is 1.35 bits per heavy atom. The maximum atomic E-state index is 6.21. The van der Waals surface area contributed by atoms with E-state index >= 15 is 0 Å². The summed E-state index contributed by atoms with van der Waals surface area (Å²) in [6.07, 6.45) is 13.8. The summed E-state index contributed by atoms with van der Waals surface area (Å²) in [5, 5.41) is 0. The first-order valence-corrected chi connectivity index (χ1v) is 8.54. The second-order valence-corrected chi connectivity index (χ2v) is 6.62. The second kappa shape index (κ2) is 9.25. The maximum Gasteiger partial charge on any atom is 1.00 e. The van der Waals surface area contributed by atoms with Gasteiger partial charge in [0, 0.05) is 6.42 Å². The second-order valence-electron chi connectivity index (χ2n) is 6.62. The molecule has 3 heteroatoms. The predicted molar refractivity (Wildman–Crippen MR) is 84.5 cm³/mol. The van der Waals surface area contributed by atoms with Crippen molar-refractivity contribution in [3.63, 3.8) is 0 Å². The molecule has 0 aromatic heterocycles. The third-order valence-electron chi connectivity index (χ3n) is 5.59. The van der Waals surface area contributed by atoms with Gasteiger partial charge in [-0.15, -0.1) is 17.6 Å². The first-order chi connectivity index (χ1) is 9.33. The zero-order valence-electron chi connectivity index (χ0n) is 13.9. The van der Waals surface area contributed by atoms with Crippen LogP contribution in [0.3, 0.4) is 0 Å². The molecule has 0 aliphatic heterocycles. The van der Waals surface area contributed by atoms with Gasteiger partial charge < -0.3 is 4.65 Å². The van der Waals surface area contributed by atoms with Crippen LogP contribution in [0.1, 0.15) is 77.6 Å². The van der Waals surface area contributed by atoms with Crippen LogP contribution in [0.5, 0.6) is 0 Å². The van der Waals surface area contributed by atoms with Crippen molar-refractivity contribution < 1.29 is 23.5 Å². The fourth-order valence-corrected chi connectivity index (χ4v) is 4.58. The van der Waals surface area contributed by atoms with Gasteiger partial charge in [-0.1, -0.05) is 71.1 Å². The molecule has 0 spiro atoms. The van der Waals surface area contributed by atoms with E-state index in [0.717, 1.165) is 18.1 Å². The molecule has 0 aromatic rings. The Hall–Kier alpha value is 0.182. The Morgan fingerprint density at radius 3 is 1.70 bits per heavy atom. The summed E-state index contributed by atoms with van der Waals surface area (Å²) in [5.41, 5.74) is 0. The summed E-state index contributed by atoms with van der Waals surface area (Å²) < 4.78 is 6.21. The van der Waals surface area contributed by atoms with E-state index in [4.69, 9.17) is 4.65 Å². The van der Waals surface area contributed by atoms with Crippen LogP contribution in [-0.4, -0.2) is 13.5 Å². The van der Waals surface area contributed by atoms with Crippen LogP contribution in [0.15, 0.2) is 0 Å². The first-order valence-electron chi connectivity index (χ1n) is 8.54. The molecule has 1 nitrogen and oxygen atoms in total. The molecule has 0 bridgehead atoms. The van der Waals surface area contributed by atoms with Gasteiger partial charge in [-0.25, -0.2) is 0 Å². The molecule has 2 fully saturated rings. The van der Waals surface area contributed by atoms with Crippen LogP contribution in [0.2, 0.25) is 11.6 Å². The number of rotatable bonds is 3. The van der Waals surface area contributed by atoms with Crippen molar-refractivity contribution in [1.82, 2.24) is 0 Å². The van der Waals surface area contributed by atoms with E-state index in [-0.39, 0.29) is 18.9 Å². The van der Waals surface area contributed by atoms with Crippen LogP contribution < -0.4 is 18.9 Å². The van der Waals surface area contributed by atoms with Crippen molar-refractivity contribution >= 4 is 6.35 Å². The van der Waals surface area contributed by atoms with Gasteiger partial charge >= 0.3 is 18.9 Å². The van der Waals surface area contributed by atoms with Gasteiger partial charge in [0.1, 0.15) is 0 Å². The molecule has 0 heterocycles. The predicted octanol–water partition coefficient (Wildman–Crippen LogP) is 2.20. The van der Waals surface area contributed by atoms with Gasteiger partial charge in [0.15, 0.2) is 6.35 Å². The van der Waals surface area contributed by atoms with Crippen LogP contribution in [0, 0.1) is 11.7 Å². The smallest absolute Gasteiger partial charge is 0.582 e.